The van der Waals surface area contributed by atoms with E-state index in [0.29, 0.717) is 12.8 Å². The number of amides is 11. The van der Waals surface area contributed by atoms with E-state index >= 15 is 0 Å². The van der Waals surface area contributed by atoms with Gasteiger partial charge in [-0.1, -0.05) is 129 Å². The maximum atomic E-state index is 14.1. The summed E-state index contributed by atoms with van der Waals surface area (Å²) in [6, 6.07) is -8.12. The first-order valence-corrected chi connectivity index (χ1v) is 31.6. The van der Waals surface area contributed by atoms with Crippen molar-refractivity contribution >= 4 is 70.9 Å². The normalized spacial score (nSPS) is 19.5. The fourth-order valence-corrected chi connectivity index (χ4v) is 9.39. The van der Waals surface area contributed by atoms with Crippen molar-refractivity contribution in [1.82, 2.24) is 58.5 Å². The van der Waals surface area contributed by atoms with Crippen LogP contribution in [0.4, 0.5) is 0 Å². The van der Waals surface area contributed by atoms with Crippen molar-refractivity contribution in [3.8, 4) is 5.75 Å². The monoisotopic (exact) mass is 1300 g/mol. The number of aromatic hydroxyl groups is 1. The molecule has 1 fully saturated rings. The van der Waals surface area contributed by atoms with Gasteiger partial charge < -0.3 is 99.6 Å². The molecular formula is C61H100N12O19. The Labute approximate surface area is 536 Å². The predicted molar refractivity (Wildman–Crippen MR) is 333 cm³/mol. The lowest BCUT2D eigenvalue weighted by Crippen LogP contribution is -2.62. The van der Waals surface area contributed by atoms with Gasteiger partial charge in [-0.25, -0.2) is 0 Å². The molecule has 11 amide bonds. The van der Waals surface area contributed by atoms with Crippen LogP contribution in [-0.2, 0) is 62.3 Å². The molecule has 1 aliphatic heterocycles. The van der Waals surface area contributed by atoms with Crippen molar-refractivity contribution in [2.24, 2.45) is 11.7 Å². The Hall–Kier alpha value is -7.84. The smallest absolute Gasteiger partial charge is 0.307 e. The summed E-state index contributed by atoms with van der Waals surface area (Å²) in [5.74, 6) is -13.3. The molecule has 92 heavy (non-hydrogen) atoms. The second-order valence-electron chi connectivity index (χ2n) is 22.9. The number of aliphatic hydroxyl groups is 5. The van der Waals surface area contributed by atoms with Gasteiger partial charge in [-0.3, -0.25) is 57.5 Å². The van der Waals surface area contributed by atoms with E-state index in [4.69, 9.17) is 10.5 Å². The molecular weight excluding hydrogens is 1200 g/mol. The van der Waals surface area contributed by atoms with Crippen molar-refractivity contribution in [3.63, 3.8) is 0 Å². The van der Waals surface area contributed by atoms with Crippen molar-refractivity contribution in [2.75, 3.05) is 39.5 Å². The molecule has 0 spiro atoms. The van der Waals surface area contributed by atoms with Crippen molar-refractivity contribution in [2.45, 2.75) is 217 Å². The number of carbonyl (C=O) groups excluding carboxylic acids is 12. The Morgan fingerprint density at radius 3 is 1.85 bits per heavy atom. The van der Waals surface area contributed by atoms with Gasteiger partial charge in [-0.05, 0) is 50.3 Å². The number of benzene rings is 1. The average Bonchev–Trinajstić information content (AvgIpc) is 1.18. The highest BCUT2D eigenvalue weighted by atomic mass is 16.5. The largest absolute Gasteiger partial charge is 0.508 e. The molecule has 0 aliphatic carbocycles. The summed E-state index contributed by atoms with van der Waals surface area (Å²) in [7, 11) is 0. The van der Waals surface area contributed by atoms with E-state index in [0.717, 1.165) is 51.2 Å². The number of nitrogens with one attached hydrogen (secondary N) is 11. The number of cyclic esters (lactones) is 1. The van der Waals surface area contributed by atoms with Crippen LogP contribution in [0.3, 0.4) is 0 Å². The lowest BCUT2D eigenvalue weighted by Gasteiger charge is -2.29. The Kier molecular flexibility index (Phi) is 38.2. The molecule has 31 heteroatoms. The van der Waals surface area contributed by atoms with Crippen molar-refractivity contribution < 1.29 is 92.9 Å². The quantitative estimate of drug-likeness (QED) is 0.0184. The zero-order valence-corrected chi connectivity index (χ0v) is 53.5. The molecule has 1 aromatic carbocycles. The predicted octanol–water partition coefficient (Wildman–Crippen LogP) is -2.87. The second kappa shape index (κ2) is 43.8. The molecule has 518 valence electrons. The average molecular weight is 1310 g/mol. The van der Waals surface area contributed by atoms with Gasteiger partial charge in [0.25, 0.3) is 11.8 Å². The number of esters is 1. The van der Waals surface area contributed by atoms with E-state index in [-0.39, 0.29) is 30.7 Å². The van der Waals surface area contributed by atoms with Crippen LogP contribution in [0.25, 0.3) is 0 Å². The summed E-state index contributed by atoms with van der Waals surface area (Å²) in [6.45, 7) is 7.21. The molecule has 0 saturated carbocycles. The van der Waals surface area contributed by atoms with Gasteiger partial charge in [0.15, 0.2) is 0 Å². The van der Waals surface area contributed by atoms with Crippen LogP contribution in [0.2, 0.25) is 0 Å². The molecule has 31 nitrogen and oxygen atoms in total. The lowest BCUT2D eigenvalue weighted by atomic mass is 9.97. The van der Waals surface area contributed by atoms with E-state index in [1.165, 1.54) is 64.0 Å². The van der Waals surface area contributed by atoms with E-state index in [9.17, 15) is 88.2 Å². The summed E-state index contributed by atoms with van der Waals surface area (Å²) in [4.78, 5) is 160. The molecule has 0 aromatic heterocycles. The van der Waals surface area contributed by atoms with E-state index in [1.807, 2.05) is 0 Å². The van der Waals surface area contributed by atoms with Gasteiger partial charge in [0.05, 0.1) is 44.5 Å². The number of unbranched alkanes of at least 4 members (excludes halogenated alkanes) is 12. The van der Waals surface area contributed by atoms with Crippen LogP contribution in [0.1, 0.15) is 162 Å². The number of phenolic OH excluding ortho intramolecular Hbond substituents is 1. The Bertz CT molecular complexity index is 2580. The molecule has 1 heterocycles. The third-order valence-corrected chi connectivity index (χ3v) is 15.3. The standard InChI is InChI=1S/C61H100N12O19/c1-7-9-10-11-12-13-14-15-16-17-18-19-20-21-41(62)52(82)61(91)72-49(38(6)76)59(89)73-50(51(81)39-22-24-40(77)25-23-39)60(90)70-44(34-75)57(87)69-42(27-30-74)55(85)65-33-46(79)68-43-28-31-92-47(80)26-29-63-53(83)36(4)66-45(78)32-64-54(84)37(5)67-58(88)48(35(3)8-2)71-56(43)86/h22-25,35-36,38,41-44,48-52,74-77,81-82H,5,7-21,26-34,62H2,1-4,6H3,(H,63,83)(H,64,84)(H,65,85)(H,66,78)(H,67,88)(H,68,79)(H,69,87)(H,70,90)(H,71,86)(H,72,91)(H,73,89)/t35-,36?,38-,41+,42+,43-,44+,48+,49+,50+,51+,52+/m1/s1. The van der Waals surface area contributed by atoms with E-state index in [2.05, 4.69) is 72.0 Å². The van der Waals surface area contributed by atoms with Gasteiger partial charge in [0.1, 0.15) is 60.3 Å². The fourth-order valence-electron chi connectivity index (χ4n) is 9.39. The van der Waals surface area contributed by atoms with Gasteiger partial charge in [0.2, 0.25) is 53.2 Å². The topological polar surface area (TPSA) is 494 Å². The minimum Gasteiger partial charge on any atom is -0.508 e. The van der Waals surface area contributed by atoms with Gasteiger partial charge in [-0.15, -0.1) is 0 Å². The van der Waals surface area contributed by atoms with Gasteiger partial charge in [-0.2, -0.15) is 0 Å². The zero-order valence-electron chi connectivity index (χ0n) is 53.5. The van der Waals surface area contributed by atoms with Crippen LogP contribution in [0.5, 0.6) is 5.75 Å². The lowest BCUT2D eigenvalue weighted by molar-refractivity contribution is -0.144. The number of rotatable bonds is 35. The number of nitrogens with two attached hydrogens (primary N) is 1. The van der Waals surface area contributed by atoms with Crippen LogP contribution in [-0.4, -0.2) is 202 Å². The second-order valence-corrected chi connectivity index (χ2v) is 22.9. The first-order valence-electron chi connectivity index (χ1n) is 31.6. The molecule has 1 saturated heterocycles. The molecule has 1 aliphatic rings. The number of aliphatic hydroxyl groups excluding tert-OH is 5. The SMILES string of the molecule is C=C1NC(=O)[C@H]([C@H](C)CC)NC(=O)[C@H](NC(=O)CNC(=O)[C@H](CCO)NC(=O)[C@H](CO)NC(=O)[C@@H](NC(=O)[C@@H](NC(=O)[C@@H](O)[C@@H](N)CCCCCCCCCCCCCCC)[C@@H](C)O)[C@@H](O)c2ccc(O)cc2)CCOC(=O)CCNC(=O)C(C)NC(=O)CNC1=O. The minimum absolute atomic E-state index is 0.0831. The molecule has 1 unspecified atom stereocenters. The Balaban J connectivity index is 2.23. The number of carbonyl (C=O) groups is 12. The van der Waals surface area contributed by atoms with Crippen molar-refractivity contribution in [3.05, 3.63) is 42.1 Å². The van der Waals surface area contributed by atoms with Crippen molar-refractivity contribution in [1.29, 1.82) is 0 Å². The third-order valence-electron chi connectivity index (χ3n) is 15.3. The molecule has 0 radical (unpaired) electrons. The maximum Gasteiger partial charge on any atom is 0.307 e. The Morgan fingerprint density at radius 2 is 1.27 bits per heavy atom. The molecule has 19 N–H and O–H groups in total. The van der Waals surface area contributed by atoms with Gasteiger partial charge in [0, 0.05) is 25.6 Å². The van der Waals surface area contributed by atoms with Crippen LogP contribution in [0.15, 0.2) is 36.5 Å². The minimum atomic E-state index is -2.10. The summed E-state index contributed by atoms with van der Waals surface area (Å²) in [5.41, 5.74) is 5.58. The maximum absolute atomic E-state index is 14.1. The number of phenols is 1. The number of hydrogen-bond donors (Lipinski definition) is 18. The first-order chi connectivity index (χ1) is 43.7. The summed E-state index contributed by atoms with van der Waals surface area (Å²) in [6.07, 6.45) is 8.10. The molecule has 2 rings (SSSR count). The molecule has 12 atom stereocenters. The molecule has 0 bridgehead atoms. The van der Waals surface area contributed by atoms with Crippen LogP contribution >= 0.6 is 0 Å². The fraction of sp³-hybridized carbons (Fsp3) is 0.672. The molecule has 1 aromatic rings. The summed E-state index contributed by atoms with van der Waals surface area (Å²) >= 11 is 0. The first kappa shape index (κ1) is 80.3. The number of ether oxygens (including phenoxy) is 1. The highest BCUT2D eigenvalue weighted by molar-refractivity contribution is 6.01. The van der Waals surface area contributed by atoms with Crippen LogP contribution < -0.4 is 64.2 Å². The van der Waals surface area contributed by atoms with E-state index < -0.39 is 195 Å². The zero-order chi connectivity index (χ0) is 68.9. The number of hydrogen-bond acceptors (Lipinski definition) is 20. The highest BCUT2D eigenvalue weighted by Crippen LogP contribution is 2.21. The highest BCUT2D eigenvalue weighted by Gasteiger charge is 2.38. The third kappa shape index (κ3) is 30.1. The Morgan fingerprint density at radius 1 is 0.696 bits per heavy atom. The van der Waals surface area contributed by atoms with Gasteiger partial charge >= 0.3 is 5.97 Å². The summed E-state index contributed by atoms with van der Waals surface area (Å²) in [5, 5.41) is 88.5. The summed E-state index contributed by atoms with van der Waals surface area (Å²) < 4.78 is 5.23. The van der Waals surface area contributed by atoms with Crippen LogP contribution in [0, 0.1) is 5.92 Å². The van der Waals surface area contributed by atoms with E-state index in [1.54, 1.807) is 13.8 Å².